The van der Waals surface area contributed by atoms with Gasteiger partial charge in [-0.25, -0.2) is 20.6 Å². The number of rotatable bonds is 2. The van der Waals surface area contributed by atoms with Crippen molar-refractivity contribution in [3.05, 3.63) is 5.32 Å². The largest absolute Gasteiger partial charge is 0.276 e. The molecule has 11 heavy (non-hydrogen) atoms. The topological polar surface area (TPSA) is 123 Å². The average Bonchev–Trinajstić information content (AvgIpc) is 2.60. The zero-order chi connectivity index (χ0) is 7.52. The highest BCUT2D eigenvalue weighted by Gasteiger charge is 1.92. The molecule has 0 fully saturated rings. The molecule has 2 heterocycles. The van der Waals surface area contributed by atoms with Crippen LogP contribution in [0.3, 0.4) is 0 Å². The Kier molecular flexibility index (Phi) is 1.18. The third-order valence-electron chi connectivity index (χ3n) is 0.868. The maximum atomic E-state index is 3.73. The van der Waals surface area contributed by atoms with Gasteiger partial charge >= 0.3 is 0 Å². The number of tetrazole rings is 2. The highest BCUT2D eigenvalue weighted by molar-refractivity contribution is 5.47. The fourth-order valence-corrected chi connectivity index (χ4v) is 0.497. The number of hydrogen-bond donors (Lipinski definition) is 2. The Morgan fingerprint density at radius 1 is 0.909 bits per heavy atom. The lowest BCUT2D eigenvalue weighted by Gasteiger charge is -1.94. The summed E-state index contributed by atoms with van der Waals surface area (Å²) in [5.41, 5.74) is 0. The van der Waals surface area contributed by atoms with E-state index in [-0.39, 0.29) is 11.9 Å². The fourth-order valence-electron chi connectivity index (χ4n) is 0.497. The molecule has 0 saturated carbocycles. The van der Waals surface area contributed by atoms with Crippen LogP contribution in [0.1, 0.15) is 0 Å². The van der Waals surface area contributed by atoms with Gasteiger partial charge < -0.3 is 0 Å². The molecule has 56 valence electrons. The first-order valence-electron chi connectivity index (χ1n) is 2.64. The predicted molar refractivity (Wildman–Crippen MR) is 31.0 cm³/mol. The molecular weight excluding hydrogens is 150 g/mol. The molecule has 0 aliphatic heterocycles. The minimum Gasteiger partial charge on any atom is -0.276 e. The first kappa shape index (κ1) is 5.70. The summed E-state index contributed by atoms with van der Waals surface area (Å²) in [5, 5.41) is 29.0. The molecule has 0 unspecified atom stereocenters. The Morgan fingerprint density at radius 2 is 1.45 bits per heavy atom. The Bertz CT molecular complexity index is 260. The molecule has 0 spiro atoms. The maximum absolute atomic E-state index is 3.73. The normalized spacial score (nSPS) is 9.82. The lowest BCUT2D eigenvalue weighted by molar-refractivity contribution is 0.881. The minimum absolute atomic E-state index is 0.173. The molecule has 2 aromatic rings. The molecule has 2 N–H and O–H groups in total. The van der Waals surface area contributed by atoms with Crippen molar-refractivity contribution < 1.29 is 0 Å². The van der Waals surface area contributed by atoms with E-state index in [0.717, 1.165) is 0 Å². The highest BCUT2D eigenvalue weighted by atomic mass is 15.5. The quantitative estimate of drug-likeness (QED) is 0.571. The van der Waals surface area contributed by atoms with Crippen LogP contribution in [-0.2, 0) is 0 Å². The van der Waals surface area contributed by atoms with E-state index in [1.54, 1.807) is 0 Å². The second-order valence-corrected chi connectivity index (χ2v) is 1.54. The summed E-state index contributed by atoms with van der Waals surface area (Å²) < 4.78 is 0. The number of H-pyrrole nitrogens is 2. The molecule has 2 aromatic heterocycles. The van der Waals surface area contributed by atoms with Crippen LogP contribution in [-0.4, -0.2) is 41.2 Å². The fraction of sp³-hybridized carbons (Fsp3) is 0. The molecular formula is C2H2N9-. The van der Waals surface area contributed by atoms with Crippen molar-refractivity contribution in [1.82, 2.24) is 41.2 Å². The first-order valence-corrected chi connectivity index (χ1v) is 2.64. The van der Waals surface area contributed by atoms with Gasteiger partial charge in [0.2, 0.25) is 0 Å². The van der Waals surface area contributed by atoms with E-state index < -0.39 is 0 Å². The standard InChI is InChI=1S/C2H2N9/c3(1-4-8-9-5-1)2-6-10-11-7-2/h(H2-,3,4,5,6,7,8,9,10,11)/q-1. The van der Waals surface area contributed by atoms with E-state index in [4.69, 9.17) is 0 Å². The summed E-state index contributed by atoms with van der Waals surface area (Å²) in [6.07, 6.45) is 0. The Morgan fingerprint density at radius 3 is 1.82 bits per heavy atom. The van der Waals surface area contributed by atoms with Crippen molar-refractivity contribution in [2.24, 2.45) is 0 Å². The van der Waals surface area contributed by atoms with Gasteiger partial charge in [0, 0.05) is 0 Å². The molecule has 0 atom stereocenters. The summed E-state index contributed by atoms with van der Waals surface area (Å²) in [7, 11) is 0. The van der Waals surface area contributed by atoms with Crippen LogP contribution in [0.2, 0.25) is 0 Å². The first-order chi connectivity index (χ1) is 5.45. The van der Waals surface area contributed by atoms with Crippen LogP contribution in [0.15, 0.2) is 0 Å². The number of nitrogens with one attached hydrogen (secondary N) is 2. The van der Waals surface area contributed by atoms with Crippen molar-refractivity contribution in [3.63, 3.8) is 0 Å². The van der Waals surface area contributed by atoms with Gasteiger partial charge in [-0.05, 0) is 0 Å². The van der Waals surface area contributed by atoms with Gasteiger partial charge in [-0.1, -0.05) is 0 Å². The van der Waals surface area contributed by atoms with Crippen LogP contribution in [0, 0.1) is 0 Å². The van der Waals surface area contributed by atoms with Gasteiger partial charge in [0.15, 0.2) is 11.9 Å². The zero-order valence-corrected chi connectivity index (χ0v) is 5.13. The molecule has 9 nitrogen and oxygen atoms in total. The van der Waals surface area contributed by atoms with Crippen LogP contribution >= 0.6 is 0 Å². The van der Waals surface area contributed by atoms with Crippen molar-refractivity contribution in [2.75, 3.05) is 0 Å². The monoisotopic (exact) mass is 152 g/mol. The van der Waals surface area contributed by atoms with E-state index in [9.17, 15) is 0 Å². The second kappa shape index (κ2) is 2.28. The number of aromatic amines is 2. The van der Waals surface area contributed by atoms with Gasteiger partial charge in [0.1, 0.15) is 0 Å². The summed E-state index contributed by atoms with van der Waals surface area (Å²) in [6, 6.07) is 0. The molecule has 0 bridgehead atoms. The second-order valence-electron chi connectivity index (χ2n) is 1.54. The Balaban J connectivity index is 2.14. The Labute approximate surface area is 59.6 Å². The Hall–Kier alpha value is -2.06. The van der Waals surface area contributed by atoms with Crippen molar-refractivity contribution >= 4 is 11.9 Å². The molecule has 0 aromatic carbocycles. The van der Waals surface area contributed by atoms with Crippen LogP contribution in [0.5, 0.6) is 0 Å². The van der Waals surface area contributed by atoms with Crippen LogP contribution in [0.25, 0.3) is 5.32 Å². The number of nitrogens with zero attached hydrogens (tertiary/aromatic N) is 7. The molecule has 0 aliphatic carbocycles. The smallest absolute Gasteiger partial charge is 0.157 e. The predicted octanol–water partition coefficient (Wildman–Crippen LogP) is -0.950. The van der Waals surface area contributed by atoms with Gasteiger partial charge in [-0.2, -0.15) is 10.2 Å². The summed E-state index contributed by atoms with van der Waals surface area (Å²) in [4.78, 5) is 0. The van der Waals surface area contributed by atoms with Crippen LogP contribution in [0.4, 0.5) is 11.9 Å². The SMILES string of the molecule is n1nc([N-]c2nn[nH]n2)n[nH]1. The molecule has 2 rings (SSSR count). The molecule has 0 saturated heterocycles. The number of hydrogen-bond acceptors (Lipinski definition) is 6. The van der Waals surface area contributed by atoms with Gasteiger partial charge in [0.25, 0.3) is 0 Å². The van der Waals surface area contributed by atoms with Crippen molar-refractivity contribution in [3.8, 4) is 0 Å². The van der Waals surface area contributed by atoms with Gasteiger partial charge in [-0.3, -0.25) is 5.32 Å². The van der Waals surface area contributed by atoms with E-state index in [2.05, 4.69) is 46.6 Å². The number of aromatic nitrogens is 8. The molecule has 0 aliphatic rings. The molecule has 9 heteroatoms. The molecule has 0 amide bonds. The summed E-state index contributed by atoms with van der Waals surface area (Å²) in [5.74, 6) is 0.345. The third-order valence-corrected chi connectivity index (χ3v) is 0.868. The minimum atomic E-state index is 0.173. The van der Waals surface area contributed by atoms with Crippen molar-refractivity contribution in [1.29, 1.82) is 0 Å². The lowest BCUT2D eigenvalue weighted by atomic mass is 10.9. The average molecular weight is 152 g/mol. The van der Waals surface area contributed by atoms with E-state index >= 15 is 0 Å². The van der Waals surface area contributed by atoms with Gasteiger partial charge in [-0.15, -0.1) is 10.4 Å². The van der Waals surface area contributed by atoms with E-state index in [0.29, 0.717) is 0 Å². The maximum Gasteiger partial charge on any atom is 0.157 e. The lowest BCUT2D eigenvalue weighted by Crippen LogP contribution is -1.73. The highest BCUT2D eigenvalue weighted by Crippen LogP contribution is 2.17. The van der Waals surface area contributed by atoms with Crippen LogP contribution < -0.4 is 0 Å². The van der Waals surface area contributed by atoms with E-state index in [1.807, 2.05) is 0 Å². The third kappa shape index (κ3) is 1.10. The summed E-state index contributed by atoms with van der Waals surface area (Å²) in [6.45, 7) is 0. The summed E-state index contributed by atoms with van der Waals surface area (Å²) >= 11 is 0. The van der Waals surface area contributed by atoms with Crippen molar-refractivity contribution in [2.45, 2.75) is 0 Å². The van der Waals surface area contributed by atoms with E-state index in [1.165, 1.54) is 0 Å². The zero-order valence-electron chi connectivity index (χ0n) is 5.13. The molecule has 0 radical (unpaired) electrons. The van der Waals surface area contributed by atoms with Gasteiger partial charge in [0.05, 0.1) is 0 Å².